The van der Waals surface area contributed by atoms with Crippen molar-refractivity contribution >= 4 is 27.0 Å². The lowest BCUT2D eigenvalue weighted by Gasteiger charge is -2.31. The van der Waals surface area contributed by atoms with Gasteiger partial charge in [0.2, 0.25) is 0 Å². The largest absolute Gasteiger partial charge is 0.323 e. The SMILES string of the molecule is CNC(c1cc2[nH]c(=O)[nH]c2cc1Br)C1CCCCC1. The molecule has 108 valence electrons. The number of H-pyrrole nitrogens is 2. The van der Waals surface area contributed by atoms with Crippen molar-refractivity contribution in [2.75, 3.05) is 7.05 Å². The fourth-order valence-corrected chi connectivity index (χ4v) is 4.01. The molecule has 0 radical (unpaired) electrons. The van der Waals surface area contributed by atoms with E-state index >= 15 is 0 Å². The molecule has 1 atom stereocenters. The van der Waals surface area contributed by atoms with Gasteiger partial charge in [0.05, 0.1) is 11.0 Å². The third-order valence-electron chi connectivity index (χ3n) is 4.40. The first-order chi connectivity index (χ1) is 9.69. The van der Waals surface area contributed by atoms with Crippen molar-refractivity contribution in [1.82, 2.24) is 15.3 Å². The zero-order chi connectivity index (χ0) is 14.1. The minimum Gasteiger partial charge on any atom is -0.313 e. The van der Waals surface area contributed by atoms with E-state index in [4.69, 9.17) is 0 Å². The molecule has 1 heterocycles. The van der Waals surface area contributed by atoms with Crippen LogP contribution in [-0.2, 0) is 0 Å². The van der Waals surface area contributed by atoms with E-state index in [-0.39, 0.29) is 5.69 Å². The van der Waals surface area contributed by atoms with Crippen LogP contribution in [0.5, 0.6) is 0 Å². The van der Waals surface area contributed by atoms with Crippen molar-refractivity contribution in [2.45, 2.75) is 38.1 Å². The molecule has 4 nitrogen and oxygen atoms in total. The van der Waals surface area contributed by atoms with Gasteiger partial charge in [-0.05, 0) is 43.5 Å². The number of imidazole rings is 1. The molecule has 0 amide bonds. The normalized spacial score (nSPS) is 18.5. The van der Waals surface area contributed by atoms with Crippen LogP contribution in [-0.4, -0.2) is 17.0 Å². The van der Waals surface area contributed by atoms with E-state index in [0.29, 0.717) is 12.0 Å². The molecule has 1 aromatic heterocycles. The predicted octanol–water partition coefficient (Wildman–Crippen LogP) is 3.46. The van der Waals surface area contributed by atoms with Crippen LogP contribution in [0, 0.1) is 5.92 Å². The summed E-state index contributed by atoms with van der Waals surface area (Å²) in [5.74, 6) is 0.674. The molecule has 1 aliphatic carbocycles. The average molecular weight is 338 g/mol. The molecule has 0 saturated heterocycles. The molecule has 0 spiro atoms. The lowest BCUT2D eigenvalue weighted by atomic mass is 9.81. The summed E-state index contributed by atoms with van der Waals surface area (Å²) in [6, 6.07) is 4.43. The van der Waals surface area contributed by atoms with Crippen LogP contribution < -0.4 is 11.0 Å². The van der Waals surface area contributed by atoms with E-state index in [1.54, 1.807) is 0 Å². The van der Waals surface area contributed by atoms with E-state index in [1.165, 1.54) is 37.7 Å². The second-order valence-corrected chi connectivity index (χ2v) is 6.52. The highest BCUT2D eigenvalue weighted by atomic mass is 79.9. The molecule has 1 fully saturated rings. The Balaban J connectivity index is 2.01. The maximum absolute atomic E-state index is 11.4. The smallest absolute Gasteiger partial charge is 0.313 e. The molecule has 1 unspecified atom stereocenters. The molecule has 1 saturated carbocycles. The van der Waals surface area contributed by atoms with Crippen molar-refractivity contribution in [3.8, 4) is 0 Å². The van der Waals surface area contributed by atoms with Gasteiger partial charge >= 0.3 is 5.69 Å². The molecule has 1 aliphatic rings. The molecule has 3 N–H and O–H groups in total. The van der Waals surface area contributed by atoms with Gasteiger partial charge in [-0.25, -0.2) is 4.79 Å². The number of halogens is 1. The van der Waals surface area contributed by atoms with Gasteiger partial charge in [0.15, 0.2) is 0 Å². The molecule has 2 aromatic rings. The van der Waals surface area contributed by atoms with E-state index in [9.17, 15) is 4.79 Å². The fraction of sp³-hybridized carbons (Fsp3) is 0.533. The molecule has 1 aromatic carbocycles. The number of fused-ring (bicyclic) bond motifs is 1. The Morgan fingerprint density at radius 1 is 1.20 bits per heavy atom. The van der Waals surface area contributed by atoms with Gasteiger partial charge in [0, 0.05) is 10.5 Å². The number of nitrogens with one attached hydrogen (secondary N) is 3. The second kappa shape index (κ2) is 5.74. The van der Waals surface area contributed by atoms with E-state index in [0.717, 1.165) is 15.5 Å². The summed E-state index contributed by atoms with van der Waals surface area (Å²) >= 11 is 3.66. The maximum Gasteiger partial charge on any atom is 0.323 e. The van der Waals surface area contributed by atoms with Gasteiger partial charge in [-0.2, -0.15) is 0 Å². The lowest BCUT2D eigenvalue weighted by Crippen LogP contribution is -2.27. The Hall–Kier alpha value is -1.07. The Morgan fingerprint density at radius 3 is 2.50 bits per heavy atom. The summed E-state index contributed by atoms with van der Waals surface area (Å²) in [5, 5.41) is 3.47. The second-order valence-electron chi connectivity index (χ2n) is 5.66. The van der Waals surface area contributed by atoms with Crippen LogP contribution >= 0.6 is 15.9 Å². The van der Waals surface area contributed by atoms with Crippen LogP contribution in [0.3, 0.4) is 0 Å². The van der Waals surface area contributed by atoms with Crippen LogP contribution in [0.2, 0.25) is 0 Å². The van der Waals surface area contributed by atoms with Crippen LogP contribution in [0.4, 0.5) is 0 Å². The van der Waals surface area contributed by atoms with Crippen molar-refractivity contribution in [2.24, 2.45) is 5.92 Å². The number of hydrogen-bond donors (Lipinski definition) is 3. The van der Waals surface area contributed by atoms with Crippen LogP contribution in [0.15, 0.2) is 21.4 Å². The van der Waals surface area contributed by atoms with Gasteiger partial charge in [-0.3, -0.25) is 0 Å². The summed E-state index contributed by atoms with van der Waals surface area (Å²) in [5.41, 5.74) is 2.82. The van der Waals surface area contributed by atoms with Gasteiger partial charge in [0.1, 0.15) is 0 Å². The lowest BCUT2D eigenvalue weighted by molar-refractivity contribution is 0.281. The molecular formula is C15H20BrN3O. The summed E-state index contributed by atoms with van der Waals surface area (Å²) in [7, 11) is 2.02. The first-order valence-electron chi connectivity index (χ1n) is 7.27. The highest BCUT2D eigenvalue weighted by Gasteiger charge is 2.25. The monoisotopic (exact) mass is 337 g/mol. The summed E-state index contributed by atoms with van der Waals surface area (Å²) in [4.78, 5) is 17.1. The van der Waals surface area contributed by atoms with Crippen molar-refractivity contribution < 1.29 is 0 Å². The highest BCUT2D eigenvalue weighted by Crippen LogP contribution is 2.37. The van der Waals surface area contributed by atoms with Crippen molar-refractivity contribution in [1.29, 1.82) is 0 Å². The molecular weight excluding hydrogens is 318 g/mol. The van der Waals surface area contributed by atoms with E-state index < -0.39 is 0 Å². The quantitative estimate of drug-likeness (QED) is 0.803. The maximum atomic E-state index is 11.4. The summed E-state index contributed by atoms with van der Waals surface area (Å²) in [6.07, 6.45) is 6.56. The van der Waals surface area contributed by atoms with Crippen LogP contribution in [0.1, 0.15) is 43.7 Å². The zero-order valence-electron chi connectivity index (χ0n) is 11.6. The average Bonchev–Trinajstić information content (AvgIpc) is 2.80. The van der Waals surface area contributed by atoms with Crippen molar-refractivity contribution in [3.63, 3.8) is 0 Å². The van der Waals surface area contributed by atoms with Gasteiger partial charge in [-0.15, -0.1) is 0 Å². The minimum atomic E-state index is -0.150. The van der Waals surface area contributed by atoms with E-state index in [2.05, 4.69) is 37.3 Å². The van der Waals surface area contributed by atoms with Gasteiger partial charge < -0.3 is 15.3 Å². The first kappa shape index (κ1) is 13.9. The summed E-state index contributed by atoms with van der Waals surface area (Å²) in [6.45, 7) is 0. The van der Waals surface area contributed by atoms with Crippen LogP contribution in [0.25, 0.3) is 11.0 Å². The molecule has 0 aliphatic heterocycles. The number of rotatable bonds is 3. The Bertz CT molecular complexity index is 655. The van der Waals surface area contributed by atoms with Gasteiger partial charge in [0.25, 0.3) is 0 Å². The topological polar surface area (TPSA) is 60.7 Å². The number of benzene rings is 1. The van der Waals surface area contributed by atoms with Gasteiger partial charge in [-0.1, -0.05) is 35.2 Å². The van der Waals surface area contributed by atoms with Crippen molar-refractivity contribution in [3.05, 3.63) is 32.7 Å². The minimum absolute atomic E-state index is 0.150. The Kier molecular flexibility index (Phi) is 3.98. The third kappa shape index (κ3) is 2.56. The number of aromatic nitrogens is 2. The molecule has 20 heavy (non-hydrogen) atoms. The highest BCUT2D eigenvalue weighted by molar-refractivity contribution is 9.10. The van der Waals surface area contributed by atoms with E-state index in [1.807, 2.05) is 13.1 Å². The zero-order valence-corrected chi connectivity index (χ0v) is 13.2. The first-order valence-corrected chi connectivity index (χ1v) is 8.07. The Morgan fingerprint density at radius 2 is 1.85 bits per heavy atom. The standard InChI is InChI=1S/C15H20BrN3O/c1-17-14(9-5-3-2-4-6-9)10-7-12-13(8-11(10)16)19-15(20)18-12/h7-9,14,17H,2-6H2,1H3,(H2,18,19,20). The Labute approximate surface area is 126 Å². The third-order valence-corrected chi connectivity index (χ3v) is 5.09. The molecule has 0 bridgehead atoms. The molecule has 3 rings (SSSR count). The number of aromatic amines is 2. The number of hydrogen-bond acceptors (Lipinski definition) is 2. The summed E-state index contributed by atoms with van der Waals surface area (Å²) < 4.78 is 1.06. The molecule has 5 heteroatoms. The fourth-order valence-electron chi connectivity index (χ4n) is 3.42. The predicted molar refractivity (Wildman–Crippen MR) is 85.0 cm³/mol.